The molecule has 0 aliphatic heterocycles. The lowest BCUT2D eigenvalue weighted by atomic mass is 9.83. The molecule has 4 aromatic rings. The van der Waals surface area contributed by atoms with E-state index in [2.05, 4.69) is 51.2 Å². The van der Waals surface area contributed by atoms with E-state index in [1.165, 1.54) is 22.2 Å². The standard InChI is InChI=1S/C25H22N6OS2/c26-16-21-20-12-11-18(17-7-3-1-4-8-17)15-22(20)34-24(21)27-23(32)13-14-33-25-28-29-30-31(25)19-9-5-2-6-10-19/h1-10,18H,11-15H2,(H,27,32). The molecule has 2 aromatic heterocycles. The number of tetrazole rings is 1. The molecule has 1 aliphatic carbocycles. The lowest BCUT2D eigenvalue weighted by Gasteiger charge is -2.22. The van der Waals surface area contributed by atoms with Crippen molar-refractivity contribution in [3.8, 4) is 11.8 Å². The summed E-state index contributed by atoms with van der Waals surface area (Å²) in [6.45, 7) is 0. The van der Waals surface area contributed by atoms with Gasteiger partial charge in [0.2, 0.25) is 11.1 Å². The molecule has 170 valence electrons. The molecule has 0 radical (unpaired) electrons. The number of carbonyl (C=O) groups is 1. The summed E-state index contributed by atoms with van der Waals surface area (Å²) in [5.41, 5.74) is 3.93. The molecule has 0 fully saturated rings. The molecule has 0 saturated carbocycles. The first-order valence-electron chi connectivity index (χ1n) is 11.1. The second-order valence-electron chi connectivity index (χ2n) is 8.03. The Morgan fingerprint density at radius 1 is 1.18 bits per heavy atom. The van der Waals surface area contributed by atoms with E-state index in [0.717, 1.165) is 30.5 Å². The van der Waals surface area contributed by atoms with Gasteiger partial charge in [0.15, 0.2) is 0 Å². The predicted octanol–water partition coefficient (Wildman–Crippen LogP) is 4.99. The number of carbonyl (C=O) groups excluding carboxylic acids is 1. The van der Waals surface area contributed by atoms with E-state index in [0.29, 0.717) is 33.8 Å². The van der Waals surface area contributed by atoms with Crippen LogP contribution in [-0.2, 0) is 17.6 Å². The number of para-hydroxylation sites is 1. The van der Waals surface area contributed by atoms with E-state index < -0.39 is 0 Å². The highest BCUT2D eigenvalue weighted by molar-refractivity contribution is 7.99. The number of amides is 1. The molecule has 7 nitrogen and oxygen atoms in total. The van der Waals surface area contributed by atoms with Gasteiger partial charge in [0.1, 0.15) is 11.1 Å². The van der Waals surface area contributed by atoms with Gasteiger partial charge in [0.05, 0.1) is 11.3 Å². The maximum absolute atomic E-state index is 12.7. The van der Waals surface area contributed by atoms with Crippen LogP contribution in [-0.4, -0.2) is 31.9 Å². The smallest absolute Gasteiger partial charge is 0.225 e. The minimum absolute atomic E-state index is 0.110. The van der Waals surface area contributed by atoms with Crippen LogP contribution < -0.4 is 5.32 Å². The fraction of sp³-hybridized carbons (Fsp3) is 0.240. The van der Waals surface area contributed by atoms with Crippen molar-refractivity contribution in [2.45, 2.75) is 36.8 Å². The van der Waals surface area contributed by atoms with Crippen LogP contribution in [0.1, 0.15) is 40.3 Å². The van der Waals surface area contributed by atoms with Crippen molar-refractivity contribution in [2.24, 2.45) is 0 Å². The van der Waals surface area contributed by atoms with Gasteiger partial charge in [-0.3, -0.25) is 4.79 Å². The molecule has 0 spiro atoms. The van der Waals surface area contributed by atoms with Gasteiger partial charge in [-0.25, -0.2) is 0 Å². The number of nitrogens with one attached hydrogen (secondary N) is 1. The van der Waals surface area contributed by atoms with Crippen LogP contribution in [0, 0.1) is 11.3 Å². The van der Waals surface area contributed by atoms with Crippen molar-refractivity contribution < 1.29 is 4.79 Å². The molecule has 5 rings (SSSR count). The van der Waals surface area contributed by atoms with Gasteiger partial charge in [-0.2, -0.15) is 9.94 Å². The van der Waals surface area contributed by atoms with Crippen molar-refractivity contribution in [1.29, 1.82) is 5.26 Å². The van der Waals surface area contributed by atoms with Crippen LogP contribution in [0.15, 0.2) is 65.8 Å². The Balaban J connectivity index is 1.21. The average molecular weight is 487 g/mol. The van der Waals surface area contributed by atoms with Gasteiger partial charge in [-0.1, -0.05) is 60.3 Å². The van der Waals surface area contributed by atoms with Gasteiger partial charge in [0, 0.05) is 17.1 Å². The Morgan fingerprint density at radius 2 is 1.94 bits per heavy atom. The number of hydrogen-bond acceptors (Lipinski definition) is 7. The number of nitrogens with zero attached hydrogens (tertiary/aromatic N) is 5. The molecular formula is C25H22N6OS2. The second-order valence-corrected chi connectivity index (χ2v) is 10.2. The Labute approximate surface area is 205 Å². The summed E-state index contributed by atoms with van der Waals surface area (Å²) in [6.07, 6.45) is 3.09. The molecule has 0 bridgehead atoms. The number of aromatic nitrogens is 4. The van der Waals surface area contributed by atoms with Crippen LogP contribution in [0.3, 0.4) is 0 Å². The van der Waals surface area contributed by atoms with Crippen LogP contribution >= 0.6 is 23.1 Å². The highest BCUT2D eigenvalue weighted by Gasteiger charge is 2.27. The molecule has 1 atom stereocenters. The zero-order chi connectivity index (χ0) is 23.3. The summed E-state index contributed by atoms with van der Waals surface area (Å²) in [7, 11) is 0. The monoisotopic (exact) mass is 486 g/mol. The van der Waals surface area contributed by atoms with E-state index in [1.54, 1.807) is 16.0 Å². The zero-order valence-electron chi connectivity index (χ0n) is 18.3. The topological polar surface area (TPSA) is 96.5 Å². The van der Waals surface area contributed by atoms with E-state index in [1.807, 2.05) is 36.4 Å². The Morgan fingerprint density at radius 3 is 2.71 bits per heavy atom. The molecular weight excluding hydrogens is 464 g/mol. The van der Waals surface area contributed by atoms with Crippen LogP contribution in [0.4, 0.5) is 5.00 Å². The number of anilines is 1. The van der Waals surface area contributed by atoms with Crippen LogP contribution in [0.25, 0.3) is 5.69 Å². The van der Waals surface area contributed by atoms with Gasteiger partial charge in [0.25, 0.3) is 0 Å². The Hall–Kier alpha value is -3.48. The van der Waals surface area contributed by atoms with Gasteiger partial charge < -0.3 is 5.32 Å². The molecule has 2 aromatic carbocycles. The fourth-order valence-corrected chi connectivity index (χ4v) is 6.35. The molecule has 1 aliphatic rings. The lowest BCUT2D eigenvalue weighted by Crippen LogP contribution is -2.13. The second kappa shape index (κ2) is 10.2. The van der Waals surface area contributed by atoms with Gasteiger partial charge in [-0.15, -0.1) is 16.4 Å². The first-order valence-corrected chi connectivity index (χ1v) is 12.9. The number of fused-ring (bicyclic) bond motifs is 1. The van der Waals surface area contributed by atoms with Crippen molar-refractivity contribution in [1.82, 2.24) is 20.2 Å². The quantitative estimate of drug-likeness (QED) is 0.370. The number of rotatable bonds is 7. The minimum atomic E-state index is -0.110. The zero-order valence-corrected chi connectivity index (χ0v) is 20.0. The summed E-state index contributed by atoms with van der Waals surface area (Å²) in [5, 5.41) is 25.9. The molecule has 2 heterocycles. The van der Waals surface area contributed by atoms with E-state index >= 15 is 0 Å². The summed E-state index contributed by atoms with van der Waals surface area (Å²) in [6, 6.07) is 22.5. The third kappa shape index (κ3) is 4.74. The first kappa shape index (κ1) is 22.3. The van der Waals surface area contributed by atoms with Crippen molar-refractivity contribution in [2.75, 3.05) is 11.1 Å². The third-order valence-electron chi connectivity index (χ3n) is 5.90. The fourth-order valence-electron chi connectivity index (χ4n) is 4.23. The van der Waals surface area contributed by atoms with Crippen molar-refractivity contribution >= 4 is 34.0 Å². The number of benzene rings is 2. The minimum Gasteiger partial charge on any atom is -0.317 e. The van der Waals surface area contributed by atoms with E-state index in [4.69, 9.17) is 0 Å². The predicted molar refractivity (Wildman–Crippen MR) is 133 cm³/mol. The number of thioether (sulfide) groups is 1. The average Bonchev–Trinajstić information content (AvgIpc) is 3.48. The maximum Gasteiger partial charge on any atom is 0.225 e. The lowest BCUT2D eigenvalue weighted by molar-refractivity contribution is -0.115. The third-order valence-corrected chi connectivity index (χ3v) is 7.99. The number of nitriles is 1. The maximum atomic E-state index is 12.7. The summed E-state index contributed by atoms with van der Waals surface area (Å²) in [4.78, 5) is 13.9. The summed E-state index contributed by atoms with van der Waals surface area (Å²) < 4.78 is 1.66. The molecule has 1 unspecified atom stereocenters. The van der Waals surface area contributed by atoms with Gasteiger partial charge in [-0.05, 0) is 58.9 Å². The van der Waals surface area contributed by atoms with Gasteiger partial charge >= 0.3 is 0 Å². The van der Waals surface area contributed by atoms with E-state index in [-0.39, 0.29) is 5.91 Å². The van der Waals surface area contributed by atoms with Crippen molar-refractivity contribution in [3.05, 3.63) is 82.2 Å². The van der Waals surface area contributed by atoms with Crippen LogP contribution in [0.2, 0.25) is 0 Å². The molecule has 9 heteroatoms. The van der Waals surface area contributed by atoms with Crippen molar-refractivity contribution in [3.63, 3.8) is 0 Å². The normalized spacial score (nSPS) is 14.9. The van der Waals surface area contributed by atoms with Crippen LogP contribution in [0.5, 0.6) is 0 Å². The molecule has 1 N–H and O–H groups in total. The van der Waals surface area contributed by atoms with E-state index in [9.17, 15) is 10.1 Å². The summed E-state index contributed by atoms with van der Waals surface area (Å²) >= 11 is 2.97. The highest BCUT2D eigenvalue weighted by atomic mass is 32.2. The highest BCUT2D eigenvalue weighted by Crippen LogP contribution is 2.42. The number of hydrogen-bond donors (Lipinski definition) is 1. The largest absolute Gasteiger partial charge is 0.317 e. The molecule has 1 amide bonds. The first-order chi connectivity index (χ1) is 16.7. The number of thiophene rings is 1. The Bertz CT molecular complexity index is 1330. The Kier molecular flexibility index (Phi) is 6.70. The SMILES string of the molecule is N#Cc1c(NC(=O)CCSc2nnnn2-c2ccccc2)sc2c1CCC(c1ccccc1)C2. The summed E-state index contributed by atoms with van der Waals surface area (Å²) in [5.74, 6) is 0.873. The molecule has 0 saturated heterocycles. The molecule has 34 heavy (non-hydrogen) atoms.